The SMILES string of the molecule is Cc1ccc(N(CC(=O)N(Cc2ccc(Cl)cc2)[C@H](C)C(=O)NC(C)(C)C)S(=O)(=O)c2ccccc2)c(C)c1. The zero-order valence-corrected chi connectivity index (χ0v) is 24.8. The standard InChI is InChI=1S/C30H36ClN3O4S/c1-21-12-17-27(22(2)18-21)34(39(37,38)26-10-8-7-9-11-26)20-28(35)33(19-24-13-15-25(31)16-14-24)23(3)29(36)32-30(4,5)6/h7-18,23H,19-20H2,1-6H3,(H,32,36)/t23-/m1/s1. The van der Waals surface area contributed by atoms with Gasteiger partial charge >= 0.3 is 0 Å². The van der Waals surface area contributed by atoms with Crippen molar-refractivity contribution in [1.82, 2.24) is 10.2 Å². The maximum atomic E-state index is 14.0. The Kier molecular flexibility index (Phi) is 9.46. The largest absolute Gasteiger partial charge is 0.350 e. The maximum absolute atomic E-state index is 14.0. The minimum atomic E-state index is -4.10. The third kappa shape index (κ3) is 7.83. The number of hydrogen-bond acceptors (Lipinski definition) is 4. The molecule has 39 heavy (non-hydrogen) atoms. The number of aryl methyl sites for hydroxylation is 2. The summed E-state index contributed by atoms with van der Waals surface area (Å²) in [6.07, 6.45) is 0. The number of nitrogens with one attached hydrogen (secondary N) is 1. The van der Waals surface area contributed by atoms with Gasteiger partial charge in [0, 0.05) is 17.1 Å². The van der Waals surface area contributed by atoms with Gasteiger partial charge in [0.25, 0.3) is 10.0 Å². The summed E-state index contributed by atoms with van der Waals surface area (Å²) >= 11 is 6.05. The van der Waals surface area contributed by atoms with Crippen molar-refractivity contribution in [3.05, 3.63) is 94.5 Å². The number of amides is 2. The fourth-order valence-corrected chi connectivity index (χ4v) is 5.79. The quantitative estimate of drug-likeness (QED) is 0.369. The number of hydrogen-bond donors (Lipinski definition) is 1. The number of nitrogens with zero attached hydrogens (tertiary/aromatic N) is 2. The van der Waals surface area contributed by atoms with E-state index in [2.05, 4.69) is 5.32 Å². The van der Waals surface area contributed by atoms with Gasteiger partial charge in [-0.2, -0.15) is 0 Å². The van der Waals surface area contributed by atoms with Gasteiger partial charge in [0.05, 0.1) is 10.6 Å². The van der Waals surface area contributed by atoms with Crippen molar-refractivity contribution in [2.24, 2.45) is 0 Å². The van der Waals surface area contributed by atoms with Crippen molar-refractivity contribution in [2.75, 3.05) is 10.8 Å². The molecule has 0 saturated carbocycles. The van der Waals surface area contributed by atoms with E-state index < -0.39 is 34.1 Å². The summed E-state index contributed by atoms with van der Waals surface area (Å²) in [6.45, 7) is 10.6. The van der Waals surface area contributed by atoms with Crippen LogP contribution in [0.3, 0.4) is 0 Å². The van der Waals surface area contributed by atoms with Crippen LogP contribution in [0.2, 0.25) is 5.02 Å². The molecule has 9 heteroatoms. The third-order valence-corrected chi connectivity index (χ3v) is 8.19. The average Bonchev–Trinajstić information content (AvgIpc) is 2.86. The Balaban J connectivity index is 2.05. The van der Waals surface area contributed by atoms with Crippen LogP contribution in [0.25, 0.3) is 0 Å². The zero-order chi connectivity index (χ0) is 29.0. The first-order valence-electron chi connectivity index (χ1n) is 12.7. The molecule has 0 heterocycles. The van der Waals surface area contributed by atoms with Gasteiger partial charge in [-0.3, -0.25) is 13.9 Å². The van der Waals surface area contributed by atoms with E-state index in [1.165, 1.54) is 17.0 Å². The van der Waals surface area contributed by atoms with E-state index in [0.29, 0.717) is 16.3 Å². The molecule has 0 radical (unpaired) electrons. The summed E-state index contributed by atoms with van der Waals surface area (Å²) in [5, 5.41) is 3.47. The Labute approximate surface area is 236 Å². The normalized spacial score (nSPS) is 12.5. The zero-order valence-electron chi connectivity index (χ0n) is 23.2. The van der Waals surface area contributed by atoms with Crippen LogP contribution in [0.1, 0.15) is 44.4 Å². The lowest BCUT2D eigenvalue weighted by Gasteiger charge is -2.34. The van der Waals surface area contributed by atoms with Crippen molar-refractivity contribution in [3.8, 4) is 0 Å². The highest BCUT2D eigenvalue weighted by molar-refractivity contribution is 7.92. The summed E-state index contributed by atoms with van der Waals surface area (Å²) in [4.78, 5) is 28.6. The second-order valence-electron chi connectivity index (χ2n) is 10.7. The van der Waals surface area contributed by atoms with Gasteiger partial charge in [-0.1, -0.05) is 59.6 Å². The van der Waals surface area contributed by atoms with Crippen LogP contribution in [0.15, 0.2) is 77.7 Å². The molecule has 0 aliphatic rings. The topological polar surface area (TPSA) is 86.8 Å². The molecule has 0 saturated heterocycles. The minimum Gasteiger partial charge on any atom is -0.350 e. The van der Waals surface area contributed by atoms with Gasteiger partial charge < -0.3 is 10.2 Å². The molecule has 0 unspecified atom stereocenters. The van der Waals surface area contributed by atoms with Gasteiger partial charge in [-0.25, -0.2) is 8.42 Å². The van der Waals surface area contributed by atoms with Crippen LogP contribution in [0, 0.1) is 13.8 Å². The van der Waals surface area contributed by atoms with Crippen LogP contribution < -0.4 is 9.62 Å². The highest BCUT2D eigenvalue weighted by atomic mass is 35.5. The second kappa shape index (κ2) is 12.2. The molecule has 0 aliphatic carbocycles. The number of benzene rings is 3. The molecule has 3 aromatic rings. The molecular weight excluding hydrogens is 534 g/mol. The fraction of sp³-hybridized carbons (Fsp3) is 0.333. The highest BCUT2D eigenvalue weighted by Gasteiger charge is 2.33. The van der Waals surface area contributed by atoms with Crippen molar-refractivity contribution in [1.29, 1.82) is 0 Å². The van der Waals surface area contributed by atoms with E-state index in [1.807, 2.05) is 46.8 Å². The van der Waals surface area contributed by atoms with Crippen LogP contribution in [-0.2, 0) is 26.2 Å². The third-order valence-electron chi connectivity index (χ3n) is 6.16. The van der Waals surface area contributed by atoms with Crippen LogP contribution >= 0.6 is 11.6 Å². The fourth-order valence-electron chi connectivity index (χ4n) is 4.16. The van der Waals surface area contributed by atoms with Gasteiger partial charge in [0.1, 0.15) is 12.6 Å². The molecule has 0 aromatic heterocycles. The first kappa shape index (κ1) is 30.2. The second-order valence-corrected chi connectivity index (χ2v) is 13.0. The van der Waals surface area contributed by atoms with Crippen LogP contribution in [-0.4, -0.2) is 43.3 Å². The Morgan fingerprint density at radius 1 is 0.949 bits per heavy atom. The van der Waals surface area contributed by atoms with E-state index in [-0.39, 0.29) is 17.3 Å². The van der Waals surface area contributed by atoms with Crippen LogP contribution in [0.4, 0.5) is 5.69 Å². The molecule has 7 nitrogen and oxygen atoms in total. The van der Waals surface area contributed by atoms with Crippen molar-refractivity contribution >= 4 is 39.1 Å². The summed E-state index contributed by atoms with van der Waals surface area (Å²) in [5.74, 6) is -0.852. The Hall–Kier alpha value is -3.36. The molecule has 0 spiro atoms. The smallest absolute Gasteiger partial charge is 0.264 e. The van der Waals surface area contributed by atoms with Crippen molar-refractivity contribution in [2.45, 2.75) is 64.6 Å². The lowest BCUT2D eigenvalue weighted by atomic mass is 10.1. The number of sulfonamides is 1. The predicted molar refractivity (Wildman–Crippen MR) is 156 cm³/mol. The molecule has 0 aliphatic heterocycles. The summed E-state index contributed by atoms with van der Waals surface area (Å²) in [5.41, 5.74) is 2.33. The molecule has 1 atom stereocenters. The molecular formula is C30H36ClN3O4S. The summed E-state index contributed by atoms with van der Waals surface area (Å²) in [7, 11) is -4.10. The first-order valence-corrected chi connectivity index (χ1v) is 14.5. The number of halogens is 1. The Bertz CT molecular complexity index is 1420. The lowest BCUT2D eigenvalue weighted by molar-refractivity contribution is -0.140. The van der Waals surface area contributed by atoms with Gasteiger partial charge in [0.2, 0.25) is 11.8 Å². The summed E-state index contributed by atoms with van der Waals surface area (Å²) < 4.78 is 28.9. The van der Waals surface area contributed by atoms with E-state index >= 15 is 0 Å². The Morgan fingerprint density at radius 3 is 2.13 bits per heavy atom. The molecule has 2 amide bonds. The summed E-state index contributed by atoms with van der Waals surface area (Å²) in [6, 6.07) is 19.5. The lowest BCUT2D eigenvalue weighted by Crippen LogP contribution is -2.54. The predicted octanol–water partition coefficient (Wildman–Crippen LogP) is 5.48. The van der Waals surface area contributed by atoms with E-state index in [9.17, 15) is 18.0 Å². The molecule has 3 rings (SSSR count). The van der Waals surface area contributed by atoms with Gasteiger partial charge in [0.15, 0.2) is 0 Å². The van der Waals surface area contributed by atoms with Gasteiger partial charge in [-0.05, 0) is 83.0 Å². The molecule has 1 N–H and O–H groups in total. The maximum Gasteiger partial charge on any atom is 0.264 e. The van der Waals surface area contributed by atoms with Gasteiger partial charge in [-0.15, -0.1) is 0 Å². The Morgan fingerprint density at radius 2 is 1.56 bits per heavy atom. The van der Waals surface area contributed by atoms with E-state index in [4.69, 9.17) is 11.6 Å². The number of carbonyl (C=O) groups is 2. The number of rotatable bonds is 9. The molecule has 0 bridgehead atoms. The highest BCUT2D eigenvalue weighted by Crippen LogP contribution is 2.28. The minimum absolute atomic E-state index is 0.0700. The number of anilines is 1. The van der Waals surface area contributed by atoms with Crippen LogP contribution in [0.5, 0.6) is 0 Å². The van der Waals surface area contributed by atoms with E-state index in [1.54, 1.807) is 55.5 Å². The molecule has 0 fully saturated rings. The number of carbonyl (C=O) groups excluding carboxylic acids is 2. The van der Waals surface area contributed by atoms with Crippen molar-refractivity contribution in [3.63, 3.8) is 0 Å². The molecule has 3 aromatic carbocycles. The van der Waals surface area contributed by atoms with Crippen molar-refractivity contribution < 1.29 is 18.0 Å². The average molecular weight is 570 g/mol. The first-order chi connectivity index (χ1) is 18.2. The molecule has 208 valence electrons. The van der Waals surface area contributed by atoms with E-state index in [0.717, 1.165) is 15.4 Å². The monoisotopic (exact) mass is 569 g/mol.